The highest BCUT2D eigenvalue weighted by Crippen LogP contribution is 2.41. The number of halogens is 3. The van der Waals surface area contributed by atoms with E-state index < -0.39 is 35.0 Å². The van der Waals surface area contributed by atoms with Gasteiger partial charge in [0.15, 0.2) is 0 Å². The monoisotopic (exact) mass is 470 g/mol. The van der Waals surface area contributed by atoms with Gasteiger partial charge in [0.25, 0.3) is 0 Å². The van der Waals surface area contributed by atoms with Crippen LogP contribution < -0.4 is 4.31 Å². The zero-order chi connectivity index (χ0) is 23.6. The van der Waals surface area contributed by atoms with E-state index in [1.165, 1.54) is 16.9 Å². The molecule has 1 aromatic heterocycles. The minimum absolute atomic E-state index is 0.109. The molecule has 3 rings (SSSR count). The number of hydrogen-bond acceptors (Lipinski definition) is 5. The smallest absolute Gasteiger partial charge is 0.416 e. The third-order valence-electron chi connectivity index (χ3n) is 5.25. The third kappa shape index (κ3) is 5.04. The molecule has 1 unspecified atom stereocenters. The third-order valence-corrected chi connectivity index (χ3v) is 6.04. The maximum Gasteiger partial charge on any atom is 0.416 e. The Labute approximate surface area is 186 Å². The Bertz CT molecular complexity index is 1050. The molecule has 2 atom stereocenters. The van der Waals surface area contributed by atoms with Gasteiger partial charge < -0.3 is 9.29 Å². The topological polar surface area (TPSA) is 87.5 Å². The van der Waals surface area contributed by atoms with E-state index in [1.54, 1.807) is 13.8 Å². The highest BCUT2D eigenvalue weighted by Gasteiger charge is 2.34. The first-order chi connectivity index (χ1) is 15.0. The molecule has 32 heavy (non-hydrogen) atoms. The van der Waals surface area contributed by atoms with Crippen molar-refractivity contribution in [2.75, 3.05) is 10.9 Å². The summed E-state index contributed by atoms with van der Waals surface area (Å²) >= 11 is -2.86. The fraction of sp³-hybridized carbons (Fsp3) is 0.429. The van der Waals surface area contributed by atoms with Crippen LogP contribution >= 0.6 is 0 Å². The van der Waals surface area contributed by atoms with Gasteiger partial charge in [-0.05, 0) is 56.9 Å². The second-order valence-electron chi connectivity index (χ2n) is 7.51. The van der Waals surface area contributed by atoms with Gasteiger partial charge in [-0.1, -0.05) is 12.2 Å². The van der Waals surface area contributed by atoms with Crippen LogP contribution in [0.2, 0.25) is 0 Å². The summed E-state index contributed by atoms with van der Waals surface area (Å²) in [4.78, 5) is 11.9. The summed E-state index contributed by atoms with van der Waals surface area (Å²) in [5, 5.41) is 4.20. The molecule has 0 aliphatic heterocycles. The average Bonchev–Trinajstić information content (AvgIpc) is 3.11. The molecule has 0 radical (unpaired) electrons. The largest absolute Gasteiger partial charge is 0.755 e. The Hall–Kier alpha value is -2.66. The summed E-state index contributed by atoms with van der Waals surface area (Å²) in [6, 6.07) is 2.39. The van der Waals surface area contributed by atoms with Crippen LogP contribution in [-0.4, -0.2) is 31.1 Å². The second kappa shape index (κ2) is 9.45. The number of hydrogen-bond donors (Lipinski definition) is 0. The maximum atomic E-state index is 13.5. The molecule has 2 aromatic rings. The molecule has 0 saturated heterocycles. The van der Waals surface area contributed by atoms with Crippen molar-refractivity contribution in [2.24, 2.45) is 0 Å². The Morgan fingerprint density at radius 1 is 1.41 bits per heavy atom. The minimum atomic E-state index is -4.65. The number of esters is 1. The Morgan fingerprint density at radius 2 is 2.12 bits per heavy atom. The molecule has 1 aliphatic rings. The molecule has 11 heteroatoms. The predicted molar refractivity (Wildman–Crippen MR) is 112 cm³/mol. The van der Waals surface area contributed by atoms with E-state index in [1.807, 2.05) is 0 Å². The van der Waals surface area contributed by atoms with Crippen molar-refractivity contribution >= 4 is 28.5 Å². The Balaban J connectivity index is 2.06. The van der Waals surface area contributed by atoms with Crippen molar-refractivity contribution in [3.05, 3.63) is 53.4 Å². The summed E-state index contributed by atoms with van der Waals surface area (Å²) in [5.74, 6) is -0.478. The minimum Gasteiger partial charge on any atom is -0.755 e. The summed E-state index contributed by atoms with van der Waals surface area (Å²) in [7, 11) is 0. The number of nitrogens with zero attached hydrogens (tertiary/aromatic N) is 3. The van der Waals surface area contributed by atoms with Gasteiger partial charge in [-0.15, -0.1) is 0 Å². The summed E-state index contributed by atoms with van der Waals surface area (Å²) in [5.41, 5.74) is 0.718. The first kappa shape index (κ1) is 24.0. The van der Waals surface area contributed by atoms with Crippen LogP contribution in [0.4, 0.5) is 18.9 Å². The Morgan fingerprint density at radius 3 is 2.72 bits per heavy atom. The lowest BCUT2D eigenvalue weighted by molar-refractivity contribution is -0.144. The first-order valence-electron chi connectivity index (χ1n) is 10.00. The molecule has 0 spiro atoms. The van der Waals surface area contributed by atoms with E-state index in [4.69, 9.17) is 4.74 Å². The van der Waals surface area contributed by atoms with E-state index in [0.717, 1.165) is 16.4 Å². The number of allylic oxidation sites excluding steroid dienone is 1. The van der Waals surface area contributed by atoms with Gasteiger partial charge in [-0.2, -0.15) is 18.3 Å². The fourth-order valence-corrected chi connectivity index (χ4v) is 4.53. The van der Waals surface area contributed by atoms with Crippen molar-refractivity contribution in [3.63, 3.8) is 0 Å². The number of alkyl halides is 3. The molecular formula is C21H23F3N3O4S-. The van der Waals surface area contributed by atoms with Gasteiger partial charge in [0, 0.05) is 22.5 Å². The molecule has 1 heterocycles. The summed E-state index contributed by atoms with van der Waals surface area (Å²) in [6.07, 6.45) is -1.66. The van der Waals surface area contributed by atoms with Crippen molar-refractivity contribution < 1.29 is 31.5 Å². The normalized spacial score (nSPS) is 16.9. The molecule has 0 fully saturated rings. The van der Waals surface area contributed by atoms with Crippen molar-refractivity contribution in [1.29, 1.82) is 0 Å². The number of ether oxygens (including phenoxy) is 1. The molecule has 0 N–H and O–H groups in total. The highest BCUT2D eigenvalue weighted by molar-refractivity contribution is 7.80. The van der Waals surface area contributed by atoms with Crippen LogP contribution in [0, 0.1) is 0 Å². The zero-order valence-corrected chi connectivity index (χ0v) is 18.5. The van der Waals surface area contributed by atoms with E-state index in [2.05, 4.69) is 11.7 Å². The second-order valence-corrected chi connectivity index (χ2v) is 8.33. The van der Waals surface area contributed by atoms with Crippen LogP contribution in [0.25, 0.3) is 5.57 Å². The lowest BCUT2D eigenvalue weighted by atomic mass is 9.92. The van der Waals surface area contributed by atoms with Gasteiger partial charge in [0.2, 0.25) is 0 Å². The molecule has 1 aliphatic carbocycles. The van der Waals surface area contributed by atoms with E-state index in [-0.39, 0.29) is 24.4 Å². The molecule has 0 amide bonds. The van der Waals surface area contributed by atoms with Crippen molar-refractivity contribution in [3.8, 4) is 0 Å². The van der Waals surface area contributed by atoms with E-state index in [9.17, 15) is 26.7 Å². The molecule has 7 nitrogen and oxygen atoms in total. The van der Waals surface area contributed by atoms with E-state index >= 15 is 0 Å². The number of carbonyl (C=O) groups excluding carboxylic acids is 1. The van der Waals surface area contributed by atoms with Gasteiger partial charge in [0.1, 0.15) is 6.54 Å². The maximum absolute atomic E-state index is 13.5. The van der Waals surface area contributed by atoms with Gasteiger partial charge in [0.05, 0.1) is 30.1 Å². The Kier molecular flexibility index (Phi) is 7.09. The molecule has 0 bridgehead atoms. The van der Waals surface area contributed by atoms with Gasteiger partial charge >= 0.3 is 12.1 Å². The van der Waals surface area contributed by atoms with Crippen LogP contribution in [0.15, 0.2) is 31.0 Å². The quantitative estimate of drug-likeness (QED) is 0.448. The van der Waals surface area contributed by atoms with Crippen LogP contribution in [0.5, 0.6) is 0 Å². The standard InChI is InChI=1S/C21H24F3N3O4S/c1-4-31-20(28)12-26-18-6-5-7-19(17(18)11-25-26)27(32(29)30)16-9-14(13(2)3)8-15(10-16)21(22,23)24/h8-11,19H,2,4-7,12H2,1,3H3,(H,29,30)/p-1/t19-/m1/s1. The number of fused-ring (bicyclic) bond motifs is 1. The number of carbonyl (C=O) groups is 1. The fourth-order valence-electron chi connectivity index (χ4n) is 3.82. The SMILES string of the molecule is C=C(C)c1cc(N([C@@H]2CCCc3c2cnn3CC(=O)OCC)S(=O)[O-])cc(C(F)(F)F)c1. The average molecular weight is 470 g/mol. The van der Waals surface area contributed by atoms with Gasteiger partial charge in [-0.25, -0.2) is 0 Å². The lowest BCUT2D eigenvalue weighted by Gasteiger charge is -2.37. The van der Waals surface area contributed by atoms with Crippen LogP contribution in [0.3, 0.4) is 0 Å². The lowest BCUT2D eigenvalue weighted by Crippen LogP contribution is -2.33. The van der Waals surface area contributed by atoms with Gasteiger partial charge in [-0.3, -0.25) is 18.0 Å². The van der Waals surface area contributed by atoms with Crippen molar-refractivity contribution in [2.45, 2.75) is 51.9 Å². The van der Waals surface area contributed by atoms with Crippen LogP contribution in [0.1, 0.15) is 55.1 Å². The summed E-state index contributed by atoms with van der Waals surface area (Å²) < 4.78 is 72.3. The molecule has 174 valence electrons. The molecule has 1 aromatic carbocycles. The molecular weight excluding hydrogens is 447 g/mol. The number of rotatable bonds is 7. The zero-order valence-electron chi connectivity index (χ0n) is 17.6. The number of anilines is 1. The number of benzene rings is 1. The van der Waals surface area contributed by atoms with Crippen LogP contribution in [-0.2, 0) is 39.9 Å². The summed E-state index contributed by atoms with van der Waals surface area (Å²) in [6.45, 7) is 7.02. The van der Waals surface area contributed by atoms with E-state index in [0.29, 0.717) is 36.1 Å². The highest BCUT2D eigenvalue weighted by atomic mass is 32.2. The first-order valence-corrected chi connectivity index (χ1v) is 11.0. The van der Waals surface area contributed by atoms with Crippen molar-refractivity contribution in [1.82, 2.24) is 9.78 Å². The molecule has 0 saturated carbocycles. The predicted octanol–water partition coefficient (Wildman–Crippen LogP) is 4.18. The number of aromatic nitrogens is 2.